The van der Waals surface area contributed by atoms with Crippen molar-refractivity contribution >= 4 is 12.1 Å². The minimum absolute atomic E-state index is 0.314. The molecule has 0 spiro atoms. The highest BCUT2D eigenvalue weighted by molar-refractivity contribution is 5.95. The van der Waals surface area contributed by atoms with E-state index in [4.69, 9.17) is 9.47 Å². The lowest BCUT2D eigenvalue weighted by molar-refractivity contribution is 0.0954. The van der Waals surface area contributed by atoms with Gasteiger partial charge in [-0.15, -0.1) is 0 Å². The Morgan fingerprint density at radius 1 is 1.09 bits per heavy atom. The number of amides is 1. The van der Waals surface area contributed by atoms with Crippen LogP contribution in [-0.4, -0.2) is 26.3 Å². The molecule has 0 heterocycles. The Kier molecular flexibility index (Phi) is 5.14. The molecule has 0 aliphatic carbocycles. The van der Waals surface area contributed by atoms with E-state index < -0.39 is 0 Å². The monoisotopic (exact) mass is 298 g/mol. The Morgan fingerprint density at radius 3 is 2.50 bits per heavy atom. The van der Waals surface area contributed by atoms with E-state index in [1.54, 1.807) is 31.5 Å². The molecule has 0 fully saturated rings. The number of hydrogen-bond acceptors (Lipinski definition) is 4. The first-order chi connectivity index (χ1) is 10.7. The van der Waals surface area contributed by atoms with Crippen LogP contribution >= 0.6 is 0 Å². The second kappa shape index (κ2) is 7.26. The molecule has 0 atom stereocenters. The zero-order chi connectivity index (χ0) is 15.9. The fourth-order valence-electron chi connectivity index (χ4n) is 1.93. The molecule has 22 heavy (non-hydrogen) atoms. The lowest BCUT2D eigenvalue weighted by Gasteiger charge is -2.08. The number of aryl methyl sites for hydroxylation is 1. The molecule has 2 aromatic carbocycles. The maximum atomic E-state index is 12.1. The molecule has 0 bridgehead atoms. The minimum Gasteiger partial charge on any atom is -0.493 e. The molecule has 0 saturated heterocycles. The Balaban J connectivity index is 2.08. The van der Waals surface area contributed by atoms with Crippen molar-refractivity contribution in [1.29, 1.82) is 0 Å². The maximum Gasteiger partial charge on any atom is 0.271 e. The van der Waals surface area contributed by atoms with Gasteiger partial charge in [0.25, 0.3) is 5.91 Å². The van der Waals surface area contributed by atoms with Crippen LogP contribution in [0.25, 0.3) is 0 Å². The fourth-order valence-corrected chi connectivity index (χ4v) is 1.93. The van der Waals surface area contributed by atoms with Gasteiger partial charge in [-0.1, -0.05) is 24.3 Å². The molecule has 0 aliphatic heterocycles. The van der Waals surface area contributed by atoms with Crippen molar-refractivity contribution in [2.24, 2.45) is 5.10 Å². The van der Waals surface area contributed by atoms with Crippen LogP contribution in [-0.2, 0) is 0 Å². The van der Waals surface area contributed by atoms with Crippen LogP contribution in [0, 0.1) is 6.92 Å². The topological polar surface area (TPSA) is 59.9 Å². The summed E-state index contributed by atoms with van der Waals surface area (Å²) in [7, 11) is 3.07. The van der Waals surface area contributed by atoms with Crippen molar-refractivity contribution in [1.82, 2.24) is 5.43 Å². The first kappa shape index (κ1) is 15.6. The highest BCUT2D eigenvalue weighted by Gasteiger charge is 2.09. The normalized spacial score (nSPS) is 10.5. The summed E-state index contributed by atoms with van der Waals surface area (Å²) in [5.74, 6) is 0.756. The number of nitrogens with zero attached hydrogens (tertiary/aromatic N) is 1. The van der Waals surface area contributed by atoms with Crippen molar-refractivity contribution in [2.45, 2.75) is 6.92 Å². The average molecular weight is 298 g/mol. The standard InChI is InChI=1S/C17H18N2O3/c1-12-6-4-5-7-14(12)11-18-19-17(20)13-8-9-15(21-2)16(10-13)22-3/h4-11H,1-3H3,(H,19,20)/b18-11-. The van der Waals surface area contributed by atoms with Crippen LogP contribution in [0.1, 0.15) is 21.5 Å². The number of methoxy groups -OCH3 is 2. The van der Waals surface area contributed by atoms with E-state index in [-0.39, 0.29) is 5.91 Å². The number of rotatable bonds is 5. The predicted molar refractivity (Wildman–Crippen MR) is 85.8 cm³/mol. The van der Waals surface area contributed by atoms with Gasteiger partial charge in [0, 0.05) is 5.56 Å². The number of hydrogen-bond donors (Lipinski definition) is 1. The molecule has 0 unspecified atom stereocenters. The van der Waals surface area contributed by atoms with E-state index in [0.29, 0.717) is 17.1 Å². The molecule has 2 aromatic rings. The summed E-state index contributed by atoms with van der Waals surface area (Å²) in [4.78, 5) is 12.1. The van der Waals surface area contributed by atoms with Gasteiger partial charge in [-0.2, -0.15) is 5.10 Å². The summed E-state index contributed by atoms with van der Waals surface area (Å²) in [5.41, 5.74) is 4.98. The first-order valence-electron chi connectivity index (χ1n) is 6.76. The van der Waals surface area contributed by atoms with E-state index >= 15 is 0 Å². The largest absolute Gasteiger partial charge is 0.493 e. The van der Waals surface area contributed by atoms with Crippen molar-refractivity contribution in [3.05, 3.63) is 59.2 Å². The molecule has 1 N–H and O–H groups in total. The van der Waals surface area contributed by atoms with Crippen LogP contribution in [0.3, 0.4) is 0 Å². The summed E-state index contributed by atoms with van der Waals surface area (Å²) in [5, 5.41) is 3.98. The predicted octanol–water partition coefficient (Wildman–Crippen LogP) is 2.78. The second-order valence-corrected chi connectivity index (χ2v) is 4.63. The summed E-state index contributed by atoms with van der Waals surface area (Å²) < 4.78 is 10.3. The van der Waals surface area contributed by atoms with E-state index in [9.17, 15) is 4.79 Å². The van der Waals surface area contributed by atoms with Gasteiger partial charge in [0.15, 0.2) is 11.5 Å². The van der Waals surface area contributed by atoms with E-state index in [1.807, 2.05) is 31.2 Å². The molecule has 0 aromatic heterocycles. The molecule has 5 heteroatoms. The van der Waals surface area contributed by atoms with Crippen molar-refractivity contribution in [3.63, 3.8) is 0 Å². The van der Waals surface area contributed by atoms with Gasteiger partial charge in [-0.05, 0) is 36.2 Å². The van der Waals surface area contributed by atoms with Crippen molar-refractivity contribution in [3.8, 4) is 11.5 Å². The third-order valence-corrected chi connectivity index (χ3v) is 3.20. The van der Waals surface area contributed by atoms with Crippen LogP contribution < -0.4 is 14.9 Å². The Bertz CT molecular complexity index is 696. The highest BCUT2D eigenvalue weighted by atomic mass is 16.5. The van der Waals surface area contributed by atoms with Crippen LogP contribution in [0.5, 0.6) is 11.5 Å². The van der Waals surface area contributed by atoms with Gasteiger partial charge in [0.2, 0.25) is 0 Å². The van der Waals surface area contributed by atoms with Crippen LogP contribution in [0.2, 0.25) is 0 Å². The van der Waals surface area contributed by atoms with Gasteiger partial charge < -0.3 is 9.47 Å². The number of ether oxygens (including phenoxy) is 2. The van der Waals surface area contributed by atoms with E-state index in [2.05, 4.69) is 10.5 Å². The number of carbonyl (C=O) groups excluding carboxylic acids is 1. The van der Waals surface area contributed by atoms with Gasteiger partial charge >= 0.3 is 0 Å². The molecule has 0 saturated carbocycles. The summed E-state index contributed by atoms with van der Waals surface area (Å²) in [6.45, 7) is 1.98. The van der Waals surface area contributed by atoms with E-state index in [0.717, 1.165) is 11.1 Å². The molecule has 2 rings (SSSR count). The maximum absolute atomic E-state index is 12.1. The van der Waals surface area contributed by atoms with Crippen LogP contribution in [0.15, 0.2) is 47.6 Å². The van der Waals surface area contributed by atoms with Gasteiger partial charge in [0.1, 0.15) is 0 Å². The van der Waals surface area contributed by atoms with Crippen molar-refractivity contribution < 1.29 is 14.3 Å². The van der Waals surface area contributed by atoms with Crippen molar-refractivity contribution in [2.75, 3.05) is 14.2 Å². The Morgan fingerprint density at radius 2 is 1.82 bits per heavy atom. The quantitative estimate of drug-likeness (QED) is 0.682. The smallest absolute Gasteiger partial charge is 0.271 e. The second-order valence-electron chi connectivity index (χ2n) is 4.63. The molecule has 0 radical (unpaired) electrons. The van der Waals surface area contributed by atoms with Crippen LogP contribution in [0.4, 0.5) is 0 Å². The third kappa shape index (κ3) is 3.63. The Labute approximate surface area is 129 Å². The SMILES string of the molecule is COc1ccc(C(=O)N/N=C\c2ccccc2C)cc1OC. The average Bonchev–Trinajstić information content (AvgIpc) is 2.55. The summed E-state index contributed by atoms with van der Waals surface area (Å²) in [6, 6.07) is 12.7. The number of nitrogens with one attached hydrogen (secondary N) is 1. The third-order valence-electron chi connectivity index (χ3n) is 3.20. The summed E-state index contributed by atoms with van der Waals surface area (Å²) >= 11 is 0. The molecular formula is C17H18N2O3. The zero-order valence-corrected chi connectivity index (χ0v) is 12.8. The Hall–Kier alpha value is -2.82. The molecule has 1 amide bonds. The number of hydrazone groups is 1. The fraction of sp³-hybridized carbons (Fsp3) is 0.176. The number of carbonyl (C=O) groups is 1. The lowest BCUT2D eigenvalue weighted by atomic mass is 10.1. The zero-order valence-electron chi connectivity index (χ0n) is 12.8. The lowest BCUT2D eigenvalue weighted by Crippen LogP contribution is -2.17. The summed E-state index contributed by atoms with van der Waals surface area (Å²) in [6.07, 6.45) is 1.62. The van der Waals surface area contributed by atoms with Gasteiger partial charge in [-0.25, -0.2) is 5.43 Å². The van der Waals surface area contributed by atoms with Gasteiger partial charge in [-0.3, -0.25) is 4.79 Å². The van der Waals surface area contributed by atoms with E-state index in [1.165, 1.54) is 7.11 Å². The van der Waals surface area contributed by atoms with Gasteiger partial charge in [0.05, 0.1) is 20.4 Å². The molecule has 114 valence electrons. The minimum atomic E-state index is -0.314. The molecule has 5 nitrogen and oxygen atoms in total. The first-order valence-corrected chi connectivity index (χ1v) is 6.76. The molecular weight excluding hydrogens is 280 g/mol. The molecule has 0 aliphatic rings. The number of benzene rings is 2. The highest BCUT2D eigenvalue weighted by Crippen LogP contribution is 2.27.